The Morgan fingerprint density at radius 1 is 1.11 bits per heavy atom. The van der Waals surface area contributed by atoms with Crippen LogP contribution in [-0.2, 0) is 6.42 Å². The van der Waals surface area contributed by atoms with Gasteiger partial charge < -0.3 is 11.1 Å². The molecule has 1 atom stereocenters. The van der Waals surface area contributed by atoms with E-state index >= 15 is 0 Å². The second-order valence-corrected chi connectivity index (χ2v) is 9.02. The van der Waals surface area contributed by atoms with Gasteiger partial charge in [0.1, 0.15) is 0 Å². The minimum absolute atomic E-state index is 0.144. The summed E-state index contributed by atoms with van der Waals surface area (Å²) in [5.41, 5.74) is 15.3. The fourth-order valence-electron chi connectivity index (χ4n) is 4.14. The molecule has 1 fully saturated rings. The third-order valence-corrected chi connectivity index (χ3v) is 6.37. The second-order valence-electron chi connectivity index (χ2n) is 9.02. The molecule has 1 saturated carbocycles. The van der Waals surface area contributed by atoms with Crippen molar-refractivity contribution in [2.75, 3.05) is 20.1 Å². The van der Waals surface area contributed by atoms with Gasteiger partial charge in [-0.1, -0.05) is 49.9 Å². The van der Waals surface area contributed by atoms with Crippen LogP contribution in [0.15, 0.2) is 43.0 Å². The summed E-state index contributed by atoms with van der Waals surface area (Å²) in [7, 11) is 2.00. The molecular formula is C26H36N2. The van der Waals surface area contributed by atoms with Crippen LogP contribution in [0, 0.1) is 19.3 Å². The minimum atomic E-state index is 0.144. The molecule has 2 nitrogen and oxygen atoms in total. The van der Waals surface area contributed by atoms with E-state index in [0.29, 0.717) is 6.54 Å². The molecule has 2 aromatic rings. The van der Waals surface area contributed by atoms with Gasteiger partial charge in [0.05, 0.1) is 0 Å². The SMILES string of the molecule is C=C(c1ccc(CCC(C)(CN)CNC)cc1C)c1cc(C2CC2)ccc1C. The Morgan fingerprint density at radius 2 is 1.86 bits per heavy atom. The quantitative estimate of drug-likeness (QED) is 0.618. The van der Waals surface area contributed by atoms with E-state index in [1.165, 1.54) is 46.2 Å². The molecule has 3 N–H and O–H groups in total. The molecule has 3 rings (SSSR count). The van der Waals surface area contributed by atoms with Crippen molar-refractivity contribution in [2.45, 2.75) is 52.4 Å². The number of nitrogens with two attached hydrogens (primary N) is 1. The van der Waals surface area contributed by atoms with Crippen LogP contribution >= 0.6 is 0 Å². The zero-order valence-corrected chi connectivity index (χ0v) is 18.1. The lowest BCUT2D eigenvalue weighted by atomic mass is 9.83. The average molecular weight is 377 g/mol. The first-order valence-corrected chi connectivity index (χ1v) is 10.6. The predicted octanol–water partition coefficient (Wildman–Crippen LogP) is 5.36. The fourth-order valence-corrected chi connectivity index (χ4v) is 4.14. The van der Waals surface area contributed by atoms with Crippen molar-refractivity contribution in [3.63, 3.8) is 0 Å². The number of hydrogen-bond donors (Lipinski definition) is 2. The predicted molar refractivity (Wildman–Crippen MR) is 122 cm³/mol. The van der Waals surface area contributed by atoms with Crippen LogP contribution in [0.5, 0.6) is 0 Å². The maximum Gasteiger partial charge on any atom is 0.00144 e. The summed E-state index contributed by atoms with van der Waals surface area (Å²) in [6.45, 7) is 12.8. The number of nitrogens with one attached hydrogen (secondary N) is 1. The summed E-state index contributed by atoms with van der Waals surface area (Å²) in [6, 6.07) is 13.8. The zero-order valence-electron chi connectivity index (χ0n) is 18.1. The normalized spacial score (nSPS) is 16.0. The standard InChI is InChI=1S/C26H36N2/c1-18-6-8-23(22-9-10-22)15-25(18)20(3)24-11-7-21(14-19(24)2)12-13-26(4,16-27)17-28-5/h6-8,11,14-15,22,28H,3,9-10,12-13,16-17,27H2,1-2,4-5H3. The summed E-state index contributed by atoms with van der Waals surface area (Å²) in [5.74, 6) is 0.769. The third kappa shape index (κ3) is 4.74. The number of hydrogen-bond acceptors (Lipinski definition) is 2. The molecule has 0 amide bonds. The van der Waals surface area contributed by atoms with Crippen molar-refractivity contribution in [3.05, 3.63) is 76.4 Å². The van der Waals surface area contributed by atoms with Gasteiger partial charge in [-0.2, -0.15) is 0 Å². The molecule has 1 aliphatic rings. The van der Waals surface area contributed by atoms with Crippen LogP contribution in [-0.4, -0.2) is 20.1 Å². The summed E-state index contributed by atoms with van der Waals surface area (Å²) in [6.07, 6.45) is 4.81. The van der Waals surface area contributed by atoms with Gasteiger partial charge in [0.2, 0.25) is 0 Å². The summed E-state index contributed by atoms with van der Waals surface area (Å²) >= 11 is 0. The van der Waals surface area contributed by atoms with Gasteiger partial charge in [0, 0.05) is 6.54 Å². The van der Waals surface area contributed by atoms with Crippen LogP contribution in [0.25, 0.3) is 5.57 Å². The topological polar surface area (TPSA) is 38.0 Å². The molecule has 0 heterocycles. The lowest BCUT2D eigenvalue weighted by Gasteiger charge is -2.27. The molecule has 28 heavy (non-hydrogen) atoms. The molecular weight excluding hydrogens is 340 g/mol. The van der Waals surface area contributed by atoms with E-state index in [0.717, 1.165) is 30.9 Å². The van der Waals surface area contributed by atoms with Crippen molar-refractivity contribution in [2.24, 2.45) is 11.1 Å². The van der Waals surface area contributed by atoms with Crippen LogP contribution in [0.2, 0.25) is 0 Å². The average Bonchev–Trinajstić information content (AvgIpc) is 3.52. The third-order valence-electron chi connectivity index (χ3n) is 6.37. The van der Waals surface area contributed by atoms with Crippen LogP contribution < -0.4 is 11.1 Å². The van der Waals surface area contributed by atoms with Gasteiger partial charge >= 0.3 is 0 Å². The van der Waals surface area contributed by atoms with E-state index in [1.807, 2.05) is 7.05 Å². The minimum Gasteiger partial charge on any atom is -0.330 e. The molecule has 0 saturated heterocycles. The summed E-state index contributed by atoms with van der Waals surface area (Å²) in [5, 5.41) is 3.28. The van der Waals surface area contributed by atoms with Crippen LogP contribution in [0.3, 0.4) is 0 Å². The van der Waals surface area contributed by atoms with Crippen molar-refractivity contribution < 1.29 is 0 Å². The molecule has 2 aromatic carbocycles. The molecule has 1 aliphatic carbocycles. The highest BCUT2D eigenvalue weighted by atomic mass is 14.8. The van der Waals surface area contributed by atoms with Gasteiger partial charge in [0.25, 0.3) is 0 Å². The van der Waals surface area contributed by atoms with Gasteiger partial charge in [0.15, 0.2) is 0 Å². The second kappa shape index (κ2) is 8.63. The highest BCUT2D eigenvalue weighted by Crippen LogP contribution is 2.41. The van der Waals surface area contributed by atoms with E-state index in [2.05, 4.69) is 69.1 Å². The highest BCUT2D eigenvalue weighted by molar-refractivity contribution is 5.81. The monoisotopic (exact) mass is 376 g/mol. The number of rotatable bonds is 9. The first kappa shape index (κ1) is 20.8. The molecule has 0 aromatic heterocycles. The van der Waals surface area contributed by atoms with E-state index in [-0.39, 0.29) is 5.41 Å². The Bertz CT molecular complexity index is 848. The molecule has 2 heteroatoms. The largest absolute Gasteiger partial charge is 0.330 e. The smallest absolute Gasteiger partial charge is 0.00144 e. The molecule has 0 aliphatic heterocycles. The molecule has 0 spiro atoms. The summed E-state index contributed by atoms with van der Waals surface area (Å²) in [4.78, 5) is 0. The Morgan fingerprint density at radius 3 is 2.46 bits per heavy atom. The van der Waals surface area contributed by atoms with E-state index in [9.17, 15) is 0 Å². The molecule has 0 radical (unpaired) electrons. The van der Waals surface area contributed by atoms with Gasteiger partial charge in [-0.15, -0.1) is 0 Å². The maximum atomic E-state index is 6.02. The van der Waals surface area contributed by atoms with Crippen LogP contribution in [0.4, 0.5) is 0 Å². The maximum absolute atomic E-state index is 6.02. The Balaban J connectivity index is 1.77. The first-order valence-electron chi connectivity index (χ1n) is 10.6. The van der Waals surface area contributed by atoms with Crippen molar-refractivity contribution in [1.82, 2.24) is 5.32 Å². The highest BCUT2D eigenvalue weighted by Gasteiger charge is 2.24. The zero-order chi connectivity index (χ0) is 20.3. The Labute approximate surface area is 171 Å². The first-order chi connectivity index (χ1) is 13.4. The van der Waals surface area contributed by atoms with E-state index < -0.39 is 0 Å². The van der Waals surface area contributed by atoms with Crippen molar-refractivity contribution in [1.29, 1.82) is 0 Å². The van der Waals surface area contributed by atoms with Gasteiger partial charge in [-0.25, -0.2) is 0 Å². The molecule has 150 valence electrons. The molecule has 0 bridgehead atoms. The van der Waals surface area contributed by atoms with Gasteiger partial charge in [-0.05, 0) is 103 Å². The van der Waals surface area contributed by atoms with Crippen LogP contribution in [0.1, 0.15) is 65.5 Å². The molecule has 1 unspecified atom stereocenters. The lowest BCUT2D eigenvalue weighted by Crippen LogP contribution is -2.37. The van der Waals surface area contributed by atoms with Crippen molar-refractivity contribution in [3.8, 4) is 0 Å². The fraction of sp³-hybridized carbons (Fsp3) is 0.462. The lowest BCUT2D eigenvalue weighted by molar-refractivity contribution is 0.299. The Kier molecular flexibility index (Phi) is 6.42. The van der Waals surface area contributed by atoms with E-state index in [4.69, 9.17) is 5.73 Å². The number of benzene rings is 2. The number of aryl methyl sites for hydroxylation is 3. The van der Waals surface area contributed by atoms with Gasteiger partial charge in [-0.3, -0.25) is 0 Å². The summed E-state index contributed by atoms with van der Waals surface area (Å²) < 4.78 is 0. The van der Waals surface area contributed by atoms with E-state index in [1.54, 1.807) is 0 Å². The Hall–Kier alpha value is -1.90. The van der Waals surface area contributed by atoms with Crippen molar-refractivity contribution >= 4 is 5.57 Å².